The molecule has 0 aliphatic heterocycles. The molecule has 0 bridgehead atoms. The zero-order valence-electron chi connectivity index (χ0n) is 11.1. The van der Waals surface area contributed by atoms with Gasteiger partial charge in [-0.2, -0.15) is 0 Å². The fraction of sp³-hybridized carbons (Fsp3) is 0.727. The fourth-order valence-electron chi connectivity index (χ4n) is 1.52. The number of hydrogen-bond acceptors (Lipinski definition) is 5. The van der Waals surface area contributed by atoms with Crippen molar-refractivity contribution in [1.29, 1.82) is 0 Å². The van der Waals surface area contributed by atoms with E-state index < -0.39 is 16.1 Å². The maximum atomic E-state index is 11.9. The Kier molecular flexibility index (Phi) is 4.88. The SMILES string of the molecule is Cc1ncc(S(=O)(=O)NCC(O)CC(C)(C)C)s1. The minimum Gasteiger partial charge on any atom is -0.392 e. The Morgan fingerprint density at radius 2 is 2.11 bits per heavy atom. The largest absolute Gasteiger partial charge is 0.392 e. The van der Waals surface area contributed by atoms with E-state index in [1.165, 1.54) is 6.20 Å². The van der Waals surface area contributed by atoms with Crippen molar-refractivity contribution in [1.82, 2.24) is 9.71 Å². The summed E-state index contributed by atoms with van der Waals surface area (Å²) >= 11 is 1.12. The number of nitrogens with zero attached hydrogens (tertiary/aromatic N) is 1. The van der Waals surface area contributed by atoms with Crippen LogP contribution < -0.4 is 4.72 Å². The van der Waals surface area contributed by atoms with Crippen molar-refractivity contribution in [2.24, 2.45) is 5.41 Å². The molecule has 1 aromatic heterocycles. The molecule has 0 spiro atoms. The highest BCUT2D eigenvalue weighted by Crippen LogP contribution is 2.21. The zero-order chi connectivity index (χ0) is 14.0. The van der Waals surface area contributed by atoms with E-state index in [1.54, 1.807) is 6.92 Å². The molecule has 0 radical (unpaired) electrons. The van der Waals surface area contributed by atoms with E-state index in [-0.39, 0.29) is 16.2 Å². The maximum absolute atomic E-state index is 11.9. The van der Waals surface area contributed by atoms with Crippen LogP contribution in [0.1, 0.15) is 32.2 Å². The summed E-state index contributed by atoms with van der Waals surface area (Å²) in [5.74, 6) is 0. The summed E-state index contributed by atoms with van der Waals surface area (Å²) in [6.07, 6.45) is 1.18. The molecule has 5 nitrogen and oxygen atoms in total. The minimum atomic E-state index is -3.54. The average molecular weight is 292 g/mol. The molecule has 1 unspecified atom stereocenters. The Hall–Kier alpha value is -0.500. The topological polar surface area (TPSA) is 79.3 Å². The fourth-order valence-corrected chi connectivity index (χ4v) is 3.75. The summed E-state index contributed by atoms with van der Waals surface area (Å²) in [7, 11) is -3.54. The van der Waals surface area contributed by atoms with Crippen molar-refractivity contribution >= 4 is 21.4 Å². The third-order valence-corrected chi connectivity index (χ3v) is 5.02. The van der Waals surface area contributed by atoms with Crippen LogP contribution in [0.4, 0.5) is 0 Å². The number of sulfonamides is 1. The van der Waals surface area contributed by atoms with Crippen LogP contribution in [0, 0.1) is 12.3 Å². The van der Waals surface area contributed by atoms with E-state index in [0.717, 1.165) is 11.3 Å². The van der Waals surface area contributed by atoms with Crippen LogP contribution >= 0.6 is 11.3 Å². The van der Waals surface area contributed by atoms with E-state index in [2.05, 4.69) is 9.71 Å². The summed E-state index contributed by atoms with van der Waals surface area (Å²) in [4.78, 5) is 3.91. The van der Waals surface area contributed by atoms with Crippen molar-refractivity contribution in [3.8, 4) is 0 Å². The Morgan fingerprint density at radius 3 is 2.56 bits per heavy atom. The maximum Gasteiger partial charge on any atom is 0.251 e. The molecule has 0 aliphatic carbocycles. The number of thiazole rings is 1. The lowest BCUT2D eigenvalue weighted by Gasteiger charge is -2.22. The molecule has 104 valence electrons. The summed E-state index contributed by atoms with van der Waals surface area (Å²) in [5, 5.41) is 10.5. The Bertz CT molecular complexity index is 489. The van der Waals surface area contributed by atoms with Crippen LogP contribution in [-0.2, 0) is 10.0 Å². The van der Waals surface area contributed by atoms with E-state index in [1.807, 2.05) is 20.8 Å². The monoisotopic (exact) mass is 292 g/mol. The third-order valence-electron chi connectivity index (χ3n) is 2.22. The molecular formula is C11H20N2O3S2. The summed E-state index contributed by atoms with van der Waals surface area (Å²) in [5.41, 5.74) is -0.0358. The molecule has 0 aliphatic rings. The first-order chi connectivity index (χ1) is 8.10. The lowest BCUT2D eigenvalue weighted by atomic mass is 9.89. The van der Waals surface area contributed by atoms with Crippen LogP contribution in [0.5, 0.6) is 0 Å². The van der Waals surface area contributed by atoms with Gasteiger partial charge in [-0.1, -0.05) is 20.8 Å². The second kappa shape index (κ2) is 5.64. The summed E-state index contributed by atoms with van der Waals surface area (Å²) in [6.45, 7) is 7.76. The van der Waals surface area contributed by atoms with Gasteiger partial charge in [0.05, 0.1) is 17.3 Å². The Labute approximate surface area is 112 Å². The molecule has 0 saturated heterocycles. The number of hydrogen-bond donors (Lipinski definition) is 2. The molecule has 1 heterocycles. The number of aliphatic hydroxyl groups excluding tert-OH is 1. The van der Waals surface area contributed by atoms with Gasteiger partial charge in [0, 0.05) is 6.54 Å². The molecule has 2 N–H and O–H groups in total. The highest BCUT2D eigenvalue weighted by molar-refractivity contribution is 7.91. The van der Waals surface area contributed by atoms with E-state index in [9.17, 15) is 13.5 Å². The molecule has 1 rings (SSSR count). The van der Waals surface area contributed by atoms with Gasteiger partial charge >= 0.3 is 0 Å². The molecule has 1 aromatic rings. The van der Waals surface area contributed by atoms with Gasteiger partial charge in [0.1, 0.15) is 0 Å². The van der Waals surface area contributed by atoms with Crippen LogP contribution in [0.3, 0.4) is 0 Å². The van der Waals surface area contributed by atoms with Gasteiger partial charge in [0.15, 0.2) is 4.21 Å². The third kappa shape index (κ3) is 5.01. The number of aryl methyl sites for hydroxylation is 1. The van der Waals surface area contributed by atoms with Gasteiger partial charge in [-0.05, 0) is 18.8 Å². The van der Waals surface area contributed by atoms with E-state index in [4.69, 9.17) is 0 Å². The quantitative estimate of drug-likeness (QED) is 0.862. The van der Waals surface area contributed by atoms with Crippen molar-refractivity contribution in [3.05, 3.63) is 11.2 Å². The van der Waals surface area contributed by atoms with Crippen LogP contribution in [0.25, 0.3) is 0 Å². The molecular weight excluding hydrogens is 272 g/mol. The first-order valence-corrected chi connectivity index (χ1v) is 8.00. The Morgan fingerprint density at radius 1 is 1.50 bits per heavy atom. The number of aliphatic hydroxyl groups is 1. The highest BCUT2D eigenvalue weighted by atomic mass is 32.2. The molecule has 18 heavy (non-hydrogen) atoms. The van der Waals surface area contributed by atoms with Crippen LogP contribution in [0.2, 0.25) is 0 Å². The van der Waals surface area contributed by atoms with Gasteiger partial charge in [-0.15, -0.1) is 11.3 Å². The van der Waals surface area contributed by atoms with Gasteiger partial charge < -0.3 is 5.11 Å². The molecule has 7 heteroatoms. The van der Waals surface area contributed by atoms with Gasteiger partial charge in [0.2, 0.25) is 0 Å². The lowest BCUT2D eigenvalue weighted by molar-refractivity contribution is 0.125. The lowest BCUT2D eigenvalue weighted by Crippen LogP contribution is -2.33. The van der Waals surface area contributed by atoms with Gasteiger partial charge in [-0.3, -0.25) is 0 Å². The number of rotatable bonds is 5. The predicted octanol–water partition coefficient (Wildman–Crippen LogP) is 1.53. The first-order valence-electron chi connectivity index (χ1n) is 5.70. The van der Waals surface area contributed by atoms with Crippen molar-refractivity contribution in [3.63, 3.8) is 0 Å². The predicted molar refractivity (Wildman–Crippen MR) is 72.1 cm³/mol. The second-order valence-corrected chi connectivity index (χ2v) is 8.70. The molecule has 0 saturated carbocycles. The van der Waals surface area contributed by atoms with Crippen LogP contribution in [0.15, 0.2) is 10.4 Å². The van der Waals surface area contributed by atoms with Gasteiger partial charge in [0.25, 0.3) is 10.0 Å². The molecule has 0 amide bonds. The molecule has 1 atom stereocenters. The summed E-state index contributed by atoms with van der Waals surface area (Å²) in [6, 6.07) is 0. The normalized spacial score (nSPS) is 14.7. The standard InChI is InChI=1S/C11H20N2O3S2/c1-8-12-7-10(17-8)18(15,16)13-6-9(14)5-11(2,3)4/h7,9,13-14H,5-6H2,1-4H3. The number of aromatic nitrogens is 1. The molecule has 0 fully saturated rings. The van der Waals surface area contributed by atoms with Crippen molar-refractivity contribution < 1.29 is 13.5 Å². The second-order valence-electron chi connectivity index (χ2n) is 5.47. The average Bonchev–Trinajstić information content (AvgIpc) is 2.60. The Balaban J connectivity index is 2.58. The summed E-state index contributed by atoms with van der Waals surface area (Å²) < 4.78 is 26.3. The smallest absolute Gasteiger partial charge is 0.251 e. The van der Waals surface area contributed by atoms with Gasteiger partial charge in [-0.25, -0.2) is 18.1 Å². The van der Waals surface area contributed by atoms with E-state index in [0.29, 0.717) is 11.4 Å². The molecule has 0 aromatic carbocycles. The van der Waals surface area contributed by atoms with E-state index >= 15 is 0 Å². The van der Waals surface area contributed by atoms with Crippen molar-refractivity contribution in [2.75, 3.05) is 6.54 Å². The highest BCUT2D eigenvalue weighted by Gasteiger charge is 2.21. The first kappa shape index (κ1) is 15.6. The van der Waals surface area contributed by atoms with Crippen LogP contribution in [-0.4, -0.2) is 31.2 Å². The van der Waals surface area contributed by atoms with Crippen molar-refractivity contribution in [2.45, 2.75) is 44.4 Å². The zero-order valence-corrected chi connectivity index (χ0v) is 12.7. The number of nitrogens with one attached hydrogen (secondary N) is 1. The minimum absolute atomic E-state index is 0.0244.